The number of benzene rings is 1. The topological polar surface area (TPSA) is 157 Å². The summed E-state index contributed by atoms with van der Waals surface area (Å²) in [6.45, 7) is 1.80. The number of thiol groups is 1. The number of nitrogens with one attached hydrogen (secondary N) is 1. The molecule has 0 bridgehead atoms. The Morgan fingerprint density at radius 3 is 2.91 bits per heavy atom. The Hall–Kier alpha value is -4.15. The third-order valence-electron chi connectivity index (χ3n) is 4.69. The van der Waals surface area contributed by atoms with E-state index >= 15 is 0 Å². The third-order valence-corrected chi connectivity index (χ3v) is 5.40. The number of nitrogen functional groups attached to an aromatic ring is 1. The Kier molecular flexibility index (Phi) is 6.11. The molecule has 0 aliphatic heterocycles. The van der Waals surface area contributed by atoms with Gasteiger partial charge in [-0.3, -0.25) is 13.7 Å². The molecule has 0 aliphatic rings. The minimum Gasteiger partial charge on any atom is -0.382 e. The molecule has 33 heavy (non-hydrogen) atoms. The van der Waals surface area contributed by atoms with Gasteiger partial charge in [0.25, 0.3) is 0 Å². The van der Waals surface area contributed by atoms with Crippen LogP contribution >= 0.6 is 0 Å². The summed E-state index contributed by atoms with van der Waals surface area (Å²) in [6, 6.07) is 7.33. The van der Waals surface area contributed by atoms with Crippen molar-refractivity contribution in [1.82, 2.24) is 24.5 Å². The molecular weight excluding hydrogens is 449 g/mol. The Bertz CT molecular complexity index is 1470. The number of imidazole rings is 1. The first kappa shape index (κ1) is 22.1. The summed E-state index contributed by atoms with van der Waals surface area (Å²) in [5.74, 6) is 0.318. The van der Waals surface area contributed by atoms with Crippen molar-refractivity contribution in [2.24, 2.45) is 4.36 Å². The smallest absolute Gasteiger partial charge is 0.157 e. The van der Waals surface area contributed by atoms with E-state index in [0.29, 0.717) is 28.2 Å². The number of anilines is 2. The summed E-state index contributed by atoms with van der Waals surface area (Å²) in [5, 5.41) is 12.5. The normalized spacial score (nSPS) is 13.0. The van der Waals surface area contributed by atoms with E-state index in [0.717, 1.165) is 0 Å². The fraction of sp³-hybridized carbons (Fsp3) is 0.150. The van der Waals surface area contributed by atoms with Crippen molar-refractivity contribution in [3.8, 4) is 11.8 Å². The summed E-state index contributed by atoms with van der Waals surface area (Å²) in [4.78, 5) is 16.7. The minimum atomic E-state index is -2.25. The predicted octanol–water partition coefficient (Wildman–Crippen LogP) is 2.83. The van der Waals surface area contributed by atoms with E-state index in [4.69, 9.17) is 9.92 Å². The molecule has 4 rings (SSSR count). The van der Waals surface area contributed by atoms with E-state index in [1.54, 1.807) is 29.8 Å². The van der Waals surface area contributed by atoms with Gasteiger partial charge in [0, 0.05) is 6.07 Å². The molecule has 3 heterocycles. The Morgan fingerprint density at radius 1 is 1.33 bits per heavy atom. The van der Waals surface area contributed by atoms with Crippen molar-refractivity contribution >= 4 is 39.2 Å². The number of hydrogen-bond donors (Lipinski definition) is 3. The molecule has 0 spiro atoms. The lowest BCUT2D eigenvalue weighted by atomic mass is 10.2. The SMILES string of the molecule is CO[SH](=O)=Nc1cncc(-n2c(C(C)Nc3ncnc(N)c3C#N)nc3ccc(F)cc32)c1. The van der Waals surface area contributed by atoms with Gasteiger partial charge >= 0.3 is 0 Å². The first-order valence-electron chi connectivity index (χ1n) is 9.54. The van der Waals surface area contributed by atoms with Crippen LogP contribution in [0.3, 0.4) is 0 Å². The molecule has 0 saturated carbocycles. The highest BCUT2D eigenvalue weighted by Crippen LogP contribution is 2.29. The zero-order valence-corrected chi connectivity index (χ0v) is 18.4. The fourth-order valence-corrected chi connectivity index (χ4v) is 3.63. The van der Waals surface area contributed by atoms with Crippen molar-refractivity contribution < 1.29 is 12.8 Å². The standard InChI is InChI=1S/C20H18FN9O2S/c1-11(27-19-15(7-22)18(23)25-10-26-19)20-28-16-4-3-12(21)5-17(16)30(20)14-6-13(8-24-9-14)29-33(31)32-2/h3-6,8-11,33H,1-2H3,(H3,23,25,26,27). The van der Waals surface area contributed by atoms with Crippen LogP contribution in [-0.4, -0.2) is 35.8 Å². The van der Waals surface area contributed by atoms with Gasteiger partial charge in [0.15, 0.2) is 10.9 Å². The van der Waals surface area contributed by atoms with Crippen molar-refractivity contribution in [2.75, 3.05) is 18.2 Å². The molecule has 3 aromatic heterocycles. The summed E-state index contributed by atoms with van der Waals surface area (Å²) in [5.41, 5.74) is 7.73. The number of nitrogens with zero attached hydrogens (tertiary/aromatic N) is 7. The second kappa shape index (κ2) is 9.15. The molecule has 2 atom stereocenters. The molecule has 0 aliphatic carbocycles. The van der Waals surface area contributed by atoms with E-state index in [-0.39, 0.29) is 17.2 Å². The highest BCUT2D eigenvalue weighted by atomic mass is 32.2. The third kappa shape index (κ3) is 4.43. The van der Waals surface area contributed by atoms with Gasteiger partial charge in [-0.15, -0.1) is 0 Å². The Labute approximate surface area is 189 Å². The number of nitrogens with two attached hydrogens (primary N) is 1. The molecule has 168 valence electrons. The second-order valence-electron chi connectivity index (χ2n) is 6.82. The Balaban J connectivity index is 1.86. The van der Waals surface area contributed by atoms with Gasteiger partial charge in [-0.05, 0) is 25.1 Å². The molecule has 2 unspecified atom stereocenters. The number of aromatic nitrogens is 5. The summed E-state index contributed by atoms with van der Waals surface area (Å²) in [6.07, 6.45) is 4.22. The molecule has 0 radical (unpaired) electrons. The molecule has 11 nitrogen and oxygen atoms in total. The molecule has 4 aromatic rings. The molecule has 1 aromatic carbocycles. The van der Waals surface area contributed by atoms with Crippen molar-refractivity contribution in [2.45, 2.75) is 13.0 Å². The second-order valence-corrected chi connectivity index (χ2v) is 7.86. The van der Waals surface area contributed by atoms with Crippen LogP contribution in [0.15, 0.2) is 47.3 Å². The summed E-state index contributed by atoms with van der Waals surface area (Å²) < 4.78 is 36.2. The number of hydrogen-bond acceptors (Lipinski definition) is 10. The van der Waals surface area contributed by atoms with Gasteiger partial charge in [0.05, 0.1) is 48.0 Å². The van der Waals surface area contributed by atoms with Gasteiger partial charge in [-0.1, -0.05) is 0 Å². The predicted molar refractivity (Wildman–Crippen MR) is 121 cm³/mol. The molecule has 13 heteroatoms. The zero-order valence-electron chi connectivity index (χ0n) is 17.5. The van der Waals surface area contributed by atoms with E-state index in [2.05, 4.69) is 29.6 Å². The summed E-state index contributed by atoms with van der Waals surface area (Å²) >= 11 is 0. The van der Waals surface area contributed by atoms with Crippen LogP contribution in [0.2, 0.25) is 0 Å². The number of nitriles is 1. The van der Waals surface area contributed by atoms with Gasteiger partial charge in [-0.2, -0.15) is 9.62 Å². The van der Waals surface area contributed by atoms with Crippen LogP contribution in [0.1, 0.15) is 24.4 Å². The van der Waals surface area contributed by atoms with E-state index in [9.17, 15) is 13.9 Å². The van der Waals surface area contributed by atoms with Gasteiger partial charge in [0.1, 0.15) is 41.2 Å². The van der Waals surface area contributed by atoms with Gasteiger partial charge in [-0.25, -0.2) is 23.6 Å². The molecule has 0 amide bonds. The lowest BCUT2D eigenvalue weighted by Crippen LogP contribution is -2.15. The van der Waals surface area contributed by atoms with E-state index in [1.165, 1.54) is 31.8 Å². The average molecular weight is 467 g/mol. The molecular formula is C20H18FN9O2S. The highest BCUT2D eigenvalue weighted by molar-refractivity contribution is 7.69. The van der Waals surface area contributed by atoms with Crippen molar-refractivity contribution in [3.05, 3.63) is 60.2 Å². The number of pyridine rings is 1. The summed E-state index contributed by atoms with van der Waals surface area (Å²) in [7, 11) is -0.961. The number of halogens is 1. The van der Waals surface area contributed by atoms with E-state index in [1.807, 2.05) is 6.07 Å². The average Bonchev–Trinajstić information content (AvgIpc) is 3.18. The van der Waals surface area contributed by atoms with Crippen LogP contribution in [0.4, 0.5) is 21.7 Å². The van der Waals surface area contributed by atoms with Crippen molar-refractivity contribution in [3.63, 3.8) is 0 Å². The molecule has 0 fully saturated rings. The van der Waals surface area contributed by atoms with Gasteiger partial charge < -0.3 is 11.1 Å². The van der Waals surface area contributed by atoms with Crippen LogP contribution in [-0.2, 0) is 15.1 Å². The lowest BCUT2D eigenvalue weighted by molar-refractivity contribution is 0.453. The molecule has 0 saturated heterocycles. The van der Waals surface area contributed by atoms with Gasteiger partial charge in [0.2, 0.25) is 0 Å². The maximum atomic E-state index is 14.1. The lowest BCUT2D eigenvalue weighted by Gasteiger charge is -2.17. The number of rotatable bonds is 6. The Morgan fingerprint density at radius 2 is 2.15 bits per heavy atom. The van der Waals surface area contributed by atoms with Crippen LogP contribution in [0, 0.1) is 17.1 Å². The van der Waals surface area contributed by atoms with Crippen LogP contribution < -0.4 is 11.1 Å². The van der Waals surface area contributed by atoms with Crippen LogP contribution in [0.25, 0.3) is 16.7 Å². The first-order chi connectivity index (χ1) is 15.9. The number of fused-ring (bicyclic) bond motifs is 1. The van der Waals surface area contributed by atoms with Crippen LogP contribution in [0.5, 0.6) is 0 Å². The first-order valence-corrected chi connectivity index (χ1v) is 10.7. The highest BCUT2D eigenvalue weighted by Gasteiger charge is 2.21. The quantitative estimate of drug-likeness (QED) is 0.363. The maximum Gasteiger partial charge on any atom is 0.157 e. The minimum absolute atomic E-state index is 0.0449. The van der Waals surface area contributed by atoms with Crippen molar-refractivity contribution in [1.29, 1.82) is 5.26 Å². The fourth-order valence-electron chi connectivity index (χ4n) is 3.25. The zero-order chi connectivity index (χ0) is 23.5. The molecule has 3 N–H and O–H groups in total. The van der Waals surface area contributed by atoms with E-state index < -0.39 is 22.7 Å². The largest absolute Gasteiger partial charge is 0.382 e. The maximum absolute atomic E-state index is 14.1. The monoisotopic (exact) mass is 467 g/mol.